The fourth-order valence-electron chi connectivity index (χ4n) is 1.69. The highest BCUT2D eigenvalue weighted by atomic mass is 19.1. The van der Waals surface area contributed by atoms with Gasteiger partial charge in [0.2, 0.25) is 0 Å². The zero-order valence-corrected chi connectivity index (χ0v) is 9.44. The van der Waals surface area contributed by atoms with Crippen LogP contribution in [0.4, 0.5) is 9.18 Å². The van der Waals surface area contributed by atoms with Crippen molar-refractivity contribution in [3.05, 3.63) is 0 Å². The number of methoxy groups -OCH3 is 1. The lowest BCUT2D eigenvalue weighted by Crippen LogP contribution is -2.48. The Morgan fingerprint density at radius 1 is 1.35 bits per heavy atom. The molecule has 1 aliphatic heterocycles. The van der Waals surface area contributed by atoms with E-state index < -0.39 is 29.9 Å². The van der Waals surface area contributed by atoms with Gasteiger partial charge in [-0.25, -0.2) is 9.18 Å². The largest absolute Gasteiger partial charge is 0.469 e. The molecule has 0 aromatic heterocycles. The summed E-state index contributed by atoms with van der Waals surface area (Å²) < 4.78 is 18.4. The van der Waals surface area contributed by atoms with E-state index in [0.717, 1.165) is 12.0 Å². The highest BCUT2D eigenvalue weighted by molar-refractivity contribution is 6.00. The first kappa shape index (κ1) is 13.4. The number of piperidine rings is 1. The van der Waals surface area contributed by atoms with Crippen LogP contribution < -0.4 is 0 Å². The molecule has 0 atom stereocenters. The molecule has 6 nitrogen and oxygen atoms in total. The van der Waals surface area contributed by atoms with Crippen LogP contribution in [0.15, 0.2) is 0 Å². The van der Waals surface area contributed by atoms with Crippen LogP contribution in [0.25, 0.3) is 0 Å². The number of likely N-dealkylation sites (tertiary alicyclic amines) is 1. The van der Waals surface area contributed by atoms with E-state index in [1.807, 2.05) is 0 Å². The Labute approximate surface area is 97.3 Å². The van der Waals surface area contributed by atoms with Gasteiger partial charge >= 0.3 is 12.1 Å². The van der Waals surface area contributed by atoms with Gasteiger partial charge in [0.25, 0.3) is 0 Å². The molecule has 1 aliphatic rings. The first-order valence-electron chi connectivity index (χ1n) is 5.16. The summed E-state index contributed by atoms with van der Waals surface area (Å²) in [6, 6.07) is 0. The summed E-state index contributed by atoms with van der Waals surface area (Å²) in [4.78, 5) is 34.0. The number of amides is 1. The number of carbonyl (C=O) groups excluding carboxylic acids is 2. The number of carbonyl (C=O) groups is 3. The van der Waals surface area contributed by atoms with E-state index in [0.29, 0.717) is 0 Å². The number of rotatable bonds is 3. The molecule has 0 aromatic carbocycles. The highest BCUT2D eigenvalue weighted by Gasteiger charge is 2.42. The summed E-state index contributed by atoms with van der Waals surface area (Å²) in [6.07, 6.45) is -2.17. The maximum Gasteiger partial charge on any atom is 0.407 e. The van der Waals surface area contributed by atoms with Gasteiger partial charge in [-0.3, -0.25) is 9.59 Å². The van der Waals surface area contributed by atoms with Crippen LogP contribution in [0.2, 0.25) is 0 Å². The summed E-state index contributed by atoms with van der Waals surface area (Å²) in [5, 5.41) is 8.67. The molecule has 0 spiro atoms. The average molecular weight is 247 g/mol. The molecule has 0 unspecified atom stereocenters. The van der Waals surface area contributed by atoms with Crippen molar-refractivity contribution in [3.63, 3.8) is 0 Å². The molecule has 0 bridgehead atoms. The van der Waals surface area contributed by atoms with E-state index in [2.05, 4.69) is 4.74 Å². The van der Waals surface area contributed by atoms with Crippen molar-refractivity contribution >= 4 is 17.8 Å². The SMILES string of the molecule is COC(=O)CC(=O)C1(F)CCN(C(=O)O)CC1. The van der Waals surface area contributed by atoms with E-state index >= 15 is 0 Å². The summed E-state index contributed by atoms with van der Waals surface area (Å²) in [5.41, 5.74) is -2.11. The van der Waals surface area contributed by atoms with Gasteiger partial charge in [0.05, 0.1) is 7.11 Å². The molecule has 1 saturated heterocycles. The van der Waals surface area contributed by atoms with Crippen LogP contribution >= 0.6 is 0 Å². The molecule has 0 aliphatic carbocycles. The van der Waals surface area contributed by atoms with Crippen molar-refractivity contribution in [1.29, 1.82) is 0 Å². The van der Waals surface area contributed by atoms with E-state index in [-0.39, 0.29) is 25.9 Å². The predicted molar refractivity (Wildman–Crippen MR) is 54.3 cm³/mol. The monoisotopic (exact) mass is 247 g/mol. The number of carboxylic acid groups (broad SMARTS) is 1. The number of alkyl halides is 1. The summed E-state index contributed by atoms with van der Waals surface area (Å²) in [5.74, 6) is -1.62. The molecule has 0 saturated carbocycles. The zero-order chi connectivity index (χ0) is 13.1. The van der Waals surface area contributed by atoms with Gasteiger partial charge in [-0.05, 0) is 0 Å². The fraction of sp³-hybridized carbons (Fsp3) is 0.700. The van der Waals surface area contributed by atoms with Crippen LogP contribution in [0, 0.1) is 0 Å². The molecule has 0 aromatic rings. The minimum atomic E-state index is -2.11. The summed E-state index contributed by atoms with van der Waals surface area (Å²) in [7, 11) is 1.12. The first-order valence-corrected chi connectivity index (χ1v) is 5.16. The third-order valence-electron chi connectivity index (χ3n) is 2.86. The molecular weight excluding hydrogens is 233 g/mol. The molecule has 1 heterocycles. The van der Waals surface area contributed by atoms with Gasteiger partial charge in [0.15, 0.2) is 11.5 Å². The molecule has 1 N–H and O–H groups in total. The lowest BCUT2D eigenvalue weighted by atomic mass is 9.88. The van der Waals surface area contributed by atoms with E-state index in [4.69, 9.17) is 5.11 Å². The Morgan fingerprint density at radius 3 is 2.29 bits per heavy atom. The van der Waals surface area contributed by atoms with E-state index in [1.165, 1.54) is 0 Å². The lowest BCUT2D eigenvalue weighted by Gasteiger charge is -2.33. The number of halogens is 1. The third-order valence-corrected chi connectivity index (χ3v) is 2.86. The number of hydrogen-bond donors (Lipinski definition) is 1. The normalized spacial score (nSPS) is 18.6. The Bertz CT molecular complexity index is 336. The molecule has 0 radical (unpaired) electrons. The Kier molecular flexibility index (Phi) is 4.03. The molecular formula is C10H14FNO5. The number of ketones is 1. The highest BCUT2D eigenvalue weighted by Crippen LogP contribution is 2.28. The average Bonchev–Trinajstić information content (AvgIpc) is 2.29. The van der Waals surface area contributed by atoms with Crippen molar-refractivity contribution in [1.82, 2.24) is 4.90 Å². The molecule has 1 amide bonds. The minimum absolute atomic E-state index is 0.0429. The number of esters is 1. The minimum Gasteiger partial charge on any atom is -0.469 e. The summed E-state index contributed by atoms with van der Waals surface area (Å²) in [6.45, 7) is -0.0858. The van der Waals surface area contributed by atoms with Gasteiger partial charge in [-0.15, -0.1) is 0 Å². The number of Topliss-reactive ketones (excluding diaryl/α,β-unsaturated/α-hetero) is 1. The maximum absolute atomic E-state index is 14.1. The Balaban J connectivity index is 2.57. The lowest BCUT2D eigenvalue weighted by molar-refractivity contribution is -0.147. The van der Waals surface area contributed by atoms with Crippen molar-refractivity contribution in [2.45, 2.75) is 24.9 Å². The van der Waals surface area contributed by atoms with Gasteiger partial charge in [0.1, 0.15) is 6.42 Å². The predicted octanol–water partition coefficient (Wildman–Crippen LogP) is 0.601. The maximum atomic E-state index is 14.1. The summed E-state index contributed by atoms with van der Waals surface area (Å²) >= 11 is 0. The van der Waals surface area contributed by atoms with Gasteiger partial charge in [-0.1, -0.05) is 0 Å². The second kappa shape index (κ2) is 5.11. The number of hydrogen-bond acceptors (Lipinski definition) is 4. The second-order valence-electron chi connectivity index (χ2n) is 3.91. The van der Waals surface area contributed by atoms with Crippen molar-refractivity contribution in [2.24, 2.45) is 0 Å². The van der Waals surface area contributed by atoms with Crippen LogP contribution in [0.3, 0.4) is 0 Å². The van der Waals surface area contributed by atoms with E-state index in [1.54, 1.807) is 0 Å². The molecule has 1 fully saturated rings. The standard InChI is InChI=1S/C10H14FNO5/c1-17-8(14)6-7(13)10(11)2-4-12(5-3-10)9(15)16/h2-6H2,1H3,(H,15,16). The quantitative estimate of drug-likeness (QED) is 0.583. The van der Waals surface area contributed by atoms with Crippen molar-refractivity contribution in [2.75, 3.05) is 20.2 Å². The fourth-order valence-corrected chi connectivity index (χ4v) is 1.69. The van der Waals surface area contributed by atoms with Gasteiger partial charge in [-0.2, -0.15) is 0 Å². The molecule has 17 heavy (non-hydrogen) atoms. The third kappa shape index (κ3) is 3.15. The van der Waals surface area contributed by atoms with E-state index in [9.17, 15) is 18.8 Å². The van der Waals surface area contributed by atoms with Crippen LogP contribution in [-0.4, -0.2) is 53.7 Å². The van der Waals surface area contributed by atoms with Gasteiger partial charge < -0.3 is 14.7 Å². The number of ether oxygens (including phenoxy) is 1. The Morgan fingerprint density at radius 2 is 1.88 bits per heavy atom. The molecule has 7 heteroatoms. The Hall–Kier alpha value is -1.66. The molecule has 96 valence electrons. The van der Waals surface area contributed by atoms with Crippen molar-refractivity contribution in [3.8, 4) is 0 Å². The van der Waals surface area contributed by atoms with Gasteiger partial charge in [0, 0.05) is 25.9 Å². The van der Waals surface area contributed by atoms with Crippen LogP contribution in [0.5, 0.6) is 0 Å². The van der Waals surface area contributed by atoms with Crippen LogP contribution in [0.1, 0.15) is 19.3 Å². The van der Waals surface area contributed by atoms with Crippen molar-refractivity contribution < 1.29 is 28.6 Å². The molecule has 1 rings (SSSR count). The second-order valence-corrected chi connectivity index (χ2v) is 3.91. The van der Waals surface area contributed by atoms with Crippen LogP contribution in [-0.2, 0) is 14.3 Å². The topological polar surface area (TPSA) is 83.9 Å². The smallest absolute Gasteiger partial charge is 0.407 e. The zero-order valence-electron chi connectivity index (χ0n) is 9.44. The number of nitrogens with zero attached hydrogens (tertiary/aromatic N) is 1. The first-order chi connectivity index (χ1) is 7.89.